The molecule has 0 spiro atoms. The monoisotopic (exact) mass is 376 g/mol. The van der Waals surface area contributed by atoms with Crippen LogP contribution in [0.5, 0.6) is 0 Å². The highest BCUT2D eigenvalue weighted by Crippen LogP contribution is 2.19. The largest absolute Gasteiger partial charge is 0.462 e. The first-order valence-electron chi connectivity index (χ1n) is 8.84. The second kappa shape index (κ2) is 9.27. The lowest BCUT2D eigenvalue weighted by atomic mass is 10.2. The van der Waals surface area contributed by atoms with Crippen molar-refractivity contribution in [2.24, 2.45) is 0 Å². The molecule has 7 heteroatoms. The van der Waals surface area contributed by atoms with Gasteiger partial charge in [0.05, 0.1) is 23.4 Å². The van der Waals surface area contributed by atoms with Crippen LogP contribution in [0.3, 0.4) is 0 Å². The maximum Gasteiger partial charge on any atom is 0.340 e. The summed E-state index contributed by atoms with van der Waals surface area (Å²) in [4.78, 5) is 32.6. The molecule has 3 rings (SSSR count). The molecular formula is C21H20N4O3. The predicted octanol–water partition coefficient (Wildman–Crippen LogP) is 3.33. The molecule has 2 aromatic carbocycles. The number of ether oxygens (including phenoxy) is 1. The van der Waals surface area contributed by atoms with Gasteiger partial charge in [0, 0.05) is 18.9 Å². The Morgan fingerprint density at radius 3 is 2.36 bits per heavy atom. The lowest BCUT2D eigenvalue weighted by Crippen LogP contribution is -2.23. The molecule has 1 amide bonds. The van der Waals surface area contributed by atoms with Crippen LogP contribution >= 0.6 is 0 Å². The number of benzene rings is 2. The van der Waals surface area contributed by atoms with Crippen molar-refractivity contribution in [3.05, 3.63) is 83.7 Å². The number of nitrogens with one attached hydrogen (secondary N) is 2. The fraction of sp³-hybridized carbons (Fsp3) is 0.143. The van der Waals surface area contributed by atoms with E-state index in [2.05, 4.69) is 20.6 Å². The Balaban J connectivity index is 1.65. The molecule has 3 aromatic rings. The zero-order chi connectivity index (χ0) is 19.8. The van der Waals surface area contributed by atoms with Crippen LogP contribution in [0.2, 0.25) is 0 Å². The smallest absolute Gasteiger partial charge is 0.340 e. The number of anilines is 2. The van der Waals surface area contributed by atoms with Crippen molar-refractivity contribution in [3.8, 4) is 0 Å². The summed E-state index contributed by atoms with van der Waals surface area (Å²) in [5, 5.41) is 5.80. The predicted molar refractivity (Wildman–Crippen MR) is 105 cm³/mol. The molecule has 0 saturated heterocycles. The van der Waals surface area contributed by atoms with Gasteiger partial charge in [0.1, 0.15) is 0 Å². The first kappa shape index (κ1) is 19.0. The van der Waals surface area contributed by atoms with Crippen molar-refractivity contribution in [3.63, 3.8) is 0 Å². The number of esters is 1. The molecule has 0 unspecified atom stereocenters. The van der Waals surface area contributed by atoms with Crippen LogP contribution in [0.4, 0.5) is 11.6 Å². The highest BCUT2D eigenvalue weighted by Gasteiger charge is 2.13. The second-order valence-electron chi connectivity index (χ2n) is 5.85. The lowest BCUT2D eigenvalue weighted by molar-refractivity contribution is 0.0527. The quantitative estimate of drug-likeness (QED) is 0.615. The van der Waals surface area contributed by atoms with Gasteiger partial charge in [-0.2, -0.15) is 0 Å². The first-order chi connectivity index (χ1) is 13.7. The molecule has 0 radical (unpaired) electrons. The van der Waals surface area contributed by atoms with Gasteiger partial charge < -0.3 is 15.4 Å². The molecule has 28 heavy (non-hydrogen) atoms. The van der Waals surface area contributed by atoms with Crippen LogP contribution in [0, 0.1) is 0 Å². The Morgan fingerprint density at radius 1 is 0.964 bits per heavy atom. The Hall–Kier alpha value is -3.74. The number of nitrogens with zero attached hydrogens (tertiary/aromatic N) is 2. The van der Waals surface area contributed by atoms with E-state index < -0.39 is 5.97 Å². The third-order valence-corrected chi connectivity index (χ3v) is 3.88. The maximum atomic E-state index is 12.2. The summed E-state index contributed by atoms with van der Waals surface area (Å²) in [5.41, 5.74) is 2.27. The molecule has 1 heterocycles. The fourth-order valence-electron chi connectivity index (χ4n) is 2.49. The average molecular weight is 376 g/mol. The zero-order valence-corrected chi connectivity index (χ0v) is 15.4. The number of carbonyl (C=O) groups excluding carboxylic acids is 2. The molecule has 0 atom stereocenters. The van der Waals surface area contributed by atoms with Gasteiger partial charge in [0.15, 0.2) is 0 Å². The molecule has 0 aliphatic carbocycles. The van der Waals surface area contributed by atoms with E-state index >= 15 is 0 Å². The van der Waals surface area contributed by atoms with Crippen LogP contribution in [-0.4, -0.2) is 28.5 Å². The summed E-state index contributed by atoms with van der Waals surface area (Å²) in [6.45, 7) is 2.46. The van der Waals surface area contributed by atoms with Gasteiger partial charge >= 0.3 is 5.97 Å². The summed E-state index contributed by atoms with van der Waals surface area (Å²) in [6, 6.07) is 16.6. The molecular weight excluding hydrogens is 356 g/mol. The standard InChI is InChI=1S/C21H20N4O3/c1-2-28-20(27)17-10-6-7-11-18(17)25-21-23-13-16(14-24-21)19(26)22-12-15-8-4-3-5-9-15/h3-11,13-14H,2,12H2,1H3,(H,22,26)(H,23,24,25). The van der Waals surface area contributed by atoms with E-state index in [9.17, 15) is 9.59 Å². The number of hydrogen-bond acceptors (Lipinski definition) is 6. The van der Waals surface area contributed by atoms with Gasteiger partial charge in [0.25, 0.3) is 5.91 Å². The Kier molecular flexibility index (Phi) is 6.30. The third-order valence-electron chi connectivity index (χ3n) is 3.88. The van der Waals surface area contributed by atoms with Crippen molar-refractivity contribution >= 4 is 23.5 Å². The lowest BCUT2D eigenvalue weighted by Gasteiger charge is -2.10. The number of aromatic nitrogens is 2. The third kappa shape index (κ3) is 4.91. The molecule has 0 saturated carbocycles. The van der Waals surface area contributed by atoms with E-state index in [1.165, 1.54) is 12.4 Å². The molecule has 0 aliphatic rings. The van der Waals surface area contributed by atoms with Crippen molar-refractivity contribution in [2.45, 2.75) is 13.5 Å². The highest BCUT2D eigenvalue weighted by atomic mass is 16.5. The highest BCUT2D eigenvalue weighted by molar-refractivity contribution is 5.96. The summed E-state index contributed by atoms with van der Waals surface area (Å²) in [6.07, 6.45) is 2.87. The van der Waals surface area contributed by atoms with E-state index in [0.29, 0.717) is 23.4 Å². The molecule has 142 valence electrons. The summed E-state index contributed by atoms with van der Waals surface area (Å²) < 4.78 is 5.05. The Labute approximate surface area is 162 Å². The Morgan fingerprint density at radius 2 is 1.64 bits per heavy atom. The average Bonchev–Trinajstić information content (AvgIpc) is 2.74. The van der Waals surface area contributed by atoms with E-state index in [0.717, 1.165) is 5.56 Å². The van der Waals surface area contributed by atoms with Gasteiger partial charge in [-0.05, 0) is 24.6 Å². The number of carbonyl (C=O) groups is 2. The van der Waals surface area contributed by atoms with Gasteiger partial charge in [-0.3, -0.25) is 4.79 Å². The zero-order valence-electron chi connectivity index (χ0n) is 15.4. The van der Waals surface area contributed by atoms with Crippen molar-refractivity contribution < 1.29 is 14.3 Å². The molecule has 2 N–H and O–H groups in total. The Bertz CT molecular complexity index is 943. The topological polar surface area (TPSA) is 93.2 Å². The van der Waals surface area contributed by atoms with Crippen LogP contribution < -0.4 is 10.6 Å². The SMILES string of the molecule is CCOC(=O)c1ccccc1Nc1ncc(C(=O)NCc2ccccc2)cn1. The molecule has 0 bridgehead atoms. The number of hydrogen-bond donors (Lipinski definition) is 2. The first-order valence-corrected chi connectivity index (χ1v) is 8.84. The normalized spacial score (nSPS) is 10.2. The minimum absolute atomic E-state index is 0.262. The van der Waals surface area contributed by atoms with E-state index in [4.69, 9.17) is 4.74 Å². The molecule has 1 aromatic heterocycles. The fourth-order valence-corrected chi connectivity index (χ4v) is 2.49. The maximum absolute atomic E-state index is 12.2. The van der Waals surface area contributed by atoms with Crippen molar-refractivity contribution in [2.75, 3.05) is 11.9 Å². The van der Waals surface area contributed by atoms with Crippen LogP contribution in [0.1, 0.15) is 33.2 Å². The van der Waals surface area contributed by atoms with E-state index in [-0.39, 0.29) is 18.5 Å². The van der Waals surface area contributed by atoms with E-state index in [1.807, 2.05) is 30.3 Å². The summed E-state index contributed by atoms with van der Waals surface area (Å²) >= 11 is 0. The van der Waals surface area contributed by atoms with Gasteiger partial charge in [-0.1, -0.05) is 42.5 Å². The van der Waals surface area contributed by atoms with E-state index in [1.54, 1.807) is 31.2 Å². The summed E-state index contributed by atoms with van der Waals surface area (Å²) in [5.74, 6) is -0.416. The van der Waals surface area contributed by atoms with Crippen LogP contribution in [-0.2, 0) is 11.3 Å². The molecule has 7 nitrogen and oxygen atoms in total. The molecule has 0 fully saturated rings. The minimum Gasteiger partial charge on any atom is -0.462 e. The van der Waals surface area contributed by atoms with Gasteiger partial charge in [-0.25, -0.2) is 14.8 Å². The van der Waals surface area contributed by atoms with Crippen molar-refractivity contribution in [1.82, 2.24) is 15.3 Å². The van der Waals surface area contributed by atoms with Crippen LogP contribution in [0.15, 0.2) is 67.0 Å². The van der Waals surface area contributed by atoms with Crippen LogP contribution in [0.25, 0.3) is 0 Å². The molecule has 0 aliphatic heterocycles. The van der Waals surface area contributed by atoms with Crippen molar-refractivity contribution in [1.29, 1.82) is 0 Å². The number of amides is 1. The van der Waals surface area contributed by atoms with Gasteiger partial charge in [0.2, 0.25) is 5.95 Å². The number of para-hydroxylation sites is 1. The summed E-state index contributed by atoms with van der Waals surface area (Å²) in [7, 11) is 0. The number of rotatable bonds is 7. The van der Waals surface area contributed by atoms with Gasteiger partial charge in [-0.15, -0.1) is 0 Å². The minimum atomic E-state index is -0.428. The second-order valence-corrected chi connectivity index (χ2v) is 5.85.